The van der Waals surface area contributed by atoms with Crippen LogP contribution in [0.25, 0.3) is 10.8 Å². The fourth-order valence-electron chi connectivity index (χ4n) is 1.89. The Morgan fingerprint density at radius 3 is 2.78 bits per heavy atom. The molecule has 0 amide bonds. The monoisotopic (exact) mass is 240 g/mol. The van der Waals surface area contributed by atoms with E-state index in [2.05, 4.69) is 0 Å². The van der Waals surface area contributed by atoms with Gasteiger partial charge in [-0.1, -0.05) is 54.6 Å². The molecule has 2 aromatic carbocycles. The maximum Gasteiger partial charge on any atom is 0.310 e. The maximum atomic E-state index is 11.7. The molecule has 2 rings (SSSR count). The second-order valence-corrected chi connectivity index (χ2v) is 4.07. The molecule has 0 heterocycles. The third-order valence-corrected chi connectivity index (χ3v) is 2.79. The molecule has 2 aromatic rings. The van der Waals surface area contributed by atoms with Gasteiger partial charge >= 0.3 is 5.97 Å². The van der Waals surface area contributed by atoms with Gasteiger partial charge in [0, 0.05) is 0 Å². The highest BCUT2D eigenvalue weighted by atomic mass is 16.5. The van der Waals surface area contributed by atoms with Crippen LogP contribution in [0.1, 0.15) is 12.5 Å². The summed E-state index contributed by atoms with van der Waals surface area (Å²) in [5.41, 5.74) is 1.01. The minimum atomic E-state index is -0.190. The maximum absolute atomic E-state index is 11.7. The predicted octanol–water partition coefficient (Wildman–Crippen LogP) is 3.50. The summed E-state index contributed by atoms with van der Waals surface area (Å²) in [7, 11) is 0. The van der Waals surface area contributed by atoms with Crippen LogP contribution >= 0.6 is 0 Å². The molecular formula is C16H16O2. The highest BCUT2D eigenvalue weighted by molar-refractivity contribution is 5.88. The van der Waals surface area contributed by atoms with Gasteiger partial charge in [0.2, 0.25) is 0 Å². The Bertz CT molecular complexity index is 565. The van der Waals surface area contributed by atoms with Crippen molar-refractivity contribution in [2.24, 2.45) is 0 Å². The van der Waals surface area contributed by atoms with Crippen LogP contribution in [-0.2, 0) is 16.0 Å². The lowest BCUT2D eigenvalue weighted by atomic mass is 10.0. The number of rotatable bonds is 4. The van der Waals surface area contributed by atoms with Crippen LogP contribution in [0.5, 0.6) is 0 Å². The van der Waals surface area contributed by atoms with Crippen molar-refractivity contribution >= 4 is 16.7 Å². The van der Waals surface area contributed by atoms with Crippen LogP contribution in [0.2, 0.25) is 0 Å². The van der Waals surface area contributed by atoms with Gasteiger partial charge in [-0.2, -0.15) is 0 Å². The summed E-state index contributed by atoms with van der Waals surface area (Å²) in [6.45, 7) is 2.25. The van der Waals surface area contributed by atoms with E-state index >= 15 is 0 Å². The minimum Gasteiger partial charge on any atom is -0.461 e. The molecule has 0 aliphatic heterocycles. The Hall–Kier alpha value is -2.09. The van der Waals surface area contributed by atoms with Crippen LogP contribution in [0.15, 0.2) is 54.6 Å². The topological polar surface area (TPSA) is 26.3 Å². The van der Waals surface area contributed by atoms with Gasteiger partial charge in [0.05, 0.1) is 6.42 Å². The highest BCUT2D eigenvalue weighted by Crippen LogP contribution is 2.19. The lowest BCUT2D eigenvalue weighted by Crippen LogP contribution is -2.08. The average molecular weight is 240 g/mol. The van der Waals surface area contributed by atoms with E-state index in [-0.39, 0.29) is 5.97 Å². The molecule has 0 radical (unpaired) electrons. The van der Waals surface area contributed by atoms with E-state index in [1.165, 1.54) is 0 Å². The molecule has 2 nitrogen and oxygen atoms in total. The third-order valence-electron chi connectivity index (χ3n) is 2.79. The Kier molecular flexibility index (Phi) is 4.13. The van der Waals surface area contributed by atoms with Crippen molar-refractivity contribution in [3.05, 3.63) is 60.2 Å². The van der Waals surface area contributed by atoms with Crippen LogP contribution in [0.3, 0.4) is 0 Å². The molecule has 0 saturated carbocycles. The number of carbonyl (C=O) groups excluding carboxylic acids is 1. The predicted molar refractivity (Wildman–Crippen MR) is 73.4 cm³/mol. The third kappa shape index (κ3) is 2.98. The van der Waals surface area contributed by atoms with Crippen molar-refractivity contribution in [2.45, 2.75) is 13.3 Å². The van der Waals surface area contributed by atoms with Gasteiger partial charge in [0.1, 0.15) is 6.61 Å². The van der Waals surface area contributed by atoms with E-state index in [1.54, 1.807) is 0 Å². The van der Waals surface area contributed by atoms with Gasteiger partial charge in [-0.05, 0) is 23.3 Å². The van der Waals surface area contributed by atoms with E-state index in [0.717, 1.165) is 16.3 Å². The number of esters is 1. The number of fused-ring (bicyclic) bond motifs is 1. The fourth-order valence-corrected chi connectivity index (χ4v) is 1.89. The zero-order chi connectivity index (χ0) is 12.8. The molecule has 0 unspecified atom stereocenters. The molecule has 0 fully saturated rings. The second kappa shape index (κ2) is 6.01. The van der Waals surface area contributed by atoms with Gasteiger partial charge in [0.15, 0.2) is 0 Å². The lowest BCUT2D eigenvalue weighted by molar-refractivity contribution is -0.141. The molecule has 0 atom stereocenters. The quantitative estimate of drug-likeness (QED) is 0.604. The molecule has 2 heteroatoms. The number of ether oxygens (including phenoxy) is 1. The van der Waals surface area contributed by atoms with Crippen LogP contribution < -0.4 is 0 Å². The molecular weight excluding hydrogens is 224 g/mol. The van der Waals surface area contributed by atoms with Gasteiger partial charge in [-0.3, -0.25) is 4.79 Å². The molecule has 0 saturated heterocycles. The van der Waals surface area contributed by atoms with Gasteiger partial charge < -0.3 is 4.74 Å². The fraction of sp³-hybridized carbons (Fsp3) is 0.188. The first-order chi connectivity index (χ1) is 8.81. The molecule has 0 N–H and O–H groups in total. The Morgan fingerprint density at radius 1 is 1.17 bits per heavy atom. The first-order valence-electron chi connectivity index (χ1n) is 6.04. The van der Waals surface area contributed by atoms with Gasteiger partial charge in [-0.25, -0.2) is 0 Å². The Morgan fingerprint density at radius 2 is 1.94 bits per heavy atom. The summed E-state index contributed by atoms with van der Waals surface area (Å²) in [5, 5.41) is 2.26. The highest BCUT2D eigenvalue weighted by Gasteiger charge is 2.06. The molecule has 0 spiro atoms. The van der Waals surface area contributed by atoms with Gasteiger partial charge in [0.25, 0.3) is 0 Å². The van der Waals surface area contributed by atoms with Crippen molar-refractivity contribution in [1.82, 2.24) is 0 Å². The van der Waals surface area contributed by atoms with Gasteiger partial charge in [-0.15, -0.1) is 0 Å². The molecule has 0 aliphatic rings. The zero-order valence-corrected chi connectivity index (χ0v) is 10.4. The smallest absolute Gasteiger partial charge is 0.310 e. The molecule has 92 valence electrons. The van der Waals surface area contributed by atoms with E-state index in [0.29, 0.717) is 13.0 Å². The summed E-state index contributed by atoms with van der Waals surface area (Å²) in [6.07, 6.45) is 4.01. The molecule has 0 aliphatic carbocycles. The van der Waals surface area contributed by atoms with Crippen LogP contribution in [0.4, 0.5) is 0 Å². The van der Waals surface area contributed by atoms with Crippen molar-refractivity contribution in [3.8, 4) is 0 Å². The van der Waals surface area contributed by atoms with E-state index in [9.17, 15) is 4.79 Å². The zero-order valence-electron chi connectivity index (χ0n) is 10.4. The Balaban J connectivity index is 2.14. The van der Waals surface area contributed by atoms with E-state index in [4.69, 9.17) is 4.74 Å². The summed E-state index contributed by atoms with van der Waals surface area (Å²) in [4.78, 5) is 11.7. The Labute approximate surface area is 107 Å². The van der Waals surface area contributed by atoms with Crippen molar-refractivity contribution in [3.63, 3.8) is 0 Å². The van der Waals surface area contributed by atoms with Crippen LogP contribution in [0, 0.1) is 0 Å². The first-order valence-corrected chi connectivity index (χ1v) is 6.04. The summed E-state index contributed by atoms with van der Waals surface area (Å²) >= 11 is 0. The number of hydrogen-bond donors (Lipinski definition) is 0. The van der Waals surface area contributed by atoms with E-state index in [1.807, 2.05) is 61.5 Å². The van der Waals surface area contributed by atoms with E-state index < -0.39 is 0 Å². The first kappa shape index (κ1) is 12.4. The molecule has 18 heavy (non-hydrogen) atoms. The van der Waals surface area contributed by atoms with Crippen molar-refractivity contribution < 1.29 is 9.53 Å². The average Bonchev–Trinajstić information content (AvgIpc) is 2.39. The number of benzene rings is 2. The summed E-state index contributed by atoms with van der Waals surface area (Å²) in [5.74, 6) is -0.190. The lowest BCUT2D eigenvalue weighted by Gasteiger charge is -2.06. The van der Waals surface area contributed by atoms with Crippen molar-refractivity contribution in [2.75, 3.05) is 6.61 Å². The molecule has 0 aromatic heterocycles. The number of allylic oxidation sites excluding steroid dienone is 1. The number of hydrogen-bond acceptors (Lipinski definition) is 2. The van der Waals surface area contributed by atoms with Crippen molar-refractivity contribution in [1.29, 1.82) is 0 Å². The molecule has 0 bridgehead atoms. The summed E-state index contributed by atoms with van der Waals surface area (Å²) < 4.78 is 5.11. The standard InChI is InChI=1S/C16H16O2/c1-2-3-11-18-16(17)12-14-9-6-8-13-7-4-5-10-15(13)14/h2-10H,11-12H2,1H3/b3-2+. The SMILES string of the molecule is C/C=C/COC(=O)Cc1cccc2ccccc12. The number of carbonyl (C=O) groups is 1. The minimum absolute atomic E-state index is 0.190. The largest absolute Gasteiger partial charge is 0.461 e. The normalized spacial score (nSPS) is 10.9. The second-order valence-electron chi connectivity index (χ2n) is 4.07. The summed E-state index contributed by atoms with van der Waals surface area (Å²) in [6, 6.07) is 14.0. The van der Waals surface area contributed by atoms with Crippen LogP contribution in [-0.4, -0.2) is 12.6 Å².